The highest BCUT2D eigenvalue weighted by atomic mass is 35.5. The molecule has 1 unspecified atom stereocenters. The smallest absolute Gasteiger partial charge is 0.242 e. The molecule has 1 aliphatic rings. The van der Waals surface area contributed by atoms with E-state index in [9.17, 15) is 13.2 Å². The Morgan fingerprint density at radius 2 is 2.17 bits per heavy atom. The van der Waals surface area contributed by atoms with Crippen molar-refractivity contribution in [1.29, 1.82) is 0 Å². The molecule has 1 heterocycles. The van der Waals surface area contributed by atoms with Gasteiger partial charge < -0.3 is 15.8 Å². The fourth-order valence-electron chi connectivity index (χ4n) is 2.75. The Bertz CT molecular complexity index is 681. The van der Waals surface area contributed by atoms with Gasteiger partial charge in [0.1, 0.15) is 11.8 Å². The summed E-state index contributed by atoms with van der Waals surface area (Å²) in [6.45, 7) is 2.20. The van der Waals surface area contributed by atoms with E-state index in [-0.39, 0.29) is 24.1 Å². The van der Waals surface area contributed by atoms with E-state index in [4.69, 9.17) is 10.5 Å². The van der Waals surface area contributed by atoms with E-state index < -0.39 is 16.1 Å². The first-order valence-electron chi connectivity index (χ1n) is 7.63. The Kier molecular flexibility index (Phi) is 7.31. The number of amides is 1. The lowest BCUT2D eigenvalue weighted by Gasteiger charge is -2.23. The van der Waals surface area contributed by atoms with Gasteiger partial charge in [0.2, 0.25) is 15.9 Å². The van der Waals surface area contributed by atoms with Crippen LogP contribution in [0.4, 0.5) is 11.4 Å². The number of methoxy groups -OCH3 is 1. The zero-order valence-electron chi connectivity index (χ0n) is 13.8. The van der Waals surface area contributed by atoms with Crippen LogP contribution >= 0.6 is 12.4 Å². The van der Waals surface area contributed by atoms with Crippen LogP contribution in [-0.4, -0.2) is 44.1 Å². The summed E-state index contributed by atoms with van der Waals surface area (Å²) in [5, 5.41) is 2.74. The number of benzene rings is 1. The monoisotopic (exact) mass is 377 g/mol. The Balaban J connectivity index is 0.00000288. The lowest BCUT2D eigenvalue weighted by Crippen LogP contribution is -2.44. The summed E-state index contributed by atoms with van der Waals surface area (Å²) in [4.78, 5) is 12.5. The molecule has 0 aromatic heterocycles. The van der Waals surface area contributed by atoms with E-state index in [0.717, 1.165) is 0 Å². The van der Waals surface area contributed by atoms with Gasteiger partial charge in [-0.05, 0) is 37.5 Å². The van der Waals surface area contributed by atoms with Crippen LogP contribution in [0.5, 0.6) is 5.75 Å². The van der Waals surface area contributed by atoms with Gasteiger partial charge in [0.05, 0.1) is 18.6 Å². The van der Waals surface area contributed by atoms with Gasteiger partial charge >= 0.3 is 0 Å². The Hall–Kier alpha value is -1.51. The number of anilines is 2. The number of ether oxygens (including phenoxy) is 1. The number of nitrogen functional groups attached to an aromatic ring is 1. The van der Waals surface area contributed by atoms with Crippen molar-refractivity contribution in [2.75, 3.05) is 30.5 Å². The fourth-order valence-corrected chi connectivity index (χ4v) is 4.49. The maximum absolute atomic E-state index is 12.5. The lowest BCUT2D eigenvalue weighted by atomic mass is 10.2. The minimum atomic E-state index is -3.39. The van der Waals surface area contributed by atoms with Gasteiger partial charge in [0, 0.05) is 12.2 Å². The Morgan fingerprint density at radius 1 is 1.46 bits per heavy atom. The molecular weight excluding hydrogens is 354 g/mol. The fraction of sp³-hybridized carbons (Fsp3) is 0.533. The highest BCUT2D eigenvalue weighted by molar-refractivity contribution is 7.89. The number of nitrogens with one attached hydrogen (secondary N) is 1. The van der Waals surface area contributed by atoms with Gasteiger partial charge in [-0.2, -0.15) is 4.31 Å². The third-order valence-electron chi connectivity index (χ3n) is 3.82. The molecule has 1 aromatic rings. The molecule has 2 rings (SSSR count). The second-order valence-electron chi connectivity index (χ2n) is 5.53. The quantitative estimate of drug-likeness (QED) is 0.736. The number of hydrogen-bond donors (Lipinski definition) is 2. The van der Waals surface area contributed by atoms with Crippen LogP contribution < -0.4 is 15.8 Å². The largest absolute Gasteiger partial charge is 0.495 e. The van der Waals surface area contributed by atoms with Gasteiger partial charge in [0.25, 0.3) is 0 Å². The summed E-state index contributed by atoms with van der Waals surface area (Å²) in [7, 11) is -1.87. The molecule has 0 spiro atoms. The summed E-state index contributed by atoms with van der Waals surface area (Å²) in [5.41, 5.74) is 6.75. The SMILES string of the molecule is CCCS(=O)(=O)N1CCCC1C(=O)Nc1ccc(OC)c(N)c1.Cl. The number of sulfonamides is 1. The first-order valence-corrected chi connectivity index (χ1v) is 9.24. The van der Waals surface area contributed by atoms with Crippen LogP contribution in [0.3, 0.4) is 0 Å². The number of nitrogens with zero attached hydrogens (tertiary/aromatic N) is 1. The van der Waals surface area contributed by atoms with Crippen molar-refractivity contribution in [1.82, 2.24) is 4.31 Å². The lowest BCUT2D eigenvalue weighted by molar-refractivity contribution is -0.119. The topological polar surface area (TPSA) is 102 Å². The predicted molar refractivity (Wildman–Crippen MR) is 97.1 cm³/mol. The summed E-state index contributed by atoms with van der Waals surface area (Å²) in [6.07, 6.45) is 1.74. The average molecular weight is 378 g/mol. The standard InChI is InChI=1S/C15H23N3O4S.ClH/c1-3-9-23(20,21)18-8-4-5-13(18)15(19)17-11-6-7-14(22-2)12(16)10-11;/h6-7,10,13H,3-5,8-9,16H2,1-2H3,(H,17,19);1H. The molecule has 7 nitrogen and oxygen atoms in total. The minimum Gasteiger partial charge on any atom is -0.495 e. The van der Waals surface area contributed by atoms with Crippen LogP contribution in [0.25, 0.3) is 0 Å². The molecule has 1 aromatic carbocycles. The zero-order valence-corrected chi connectivity index (χ0v) is 15.5. The summed E-state index contributed by atoms with van der Waals surface area (Å²) in [5.74, 6) is 0.259. The molecule has 0 aliphatic carbocycles. The maximum atomic E-state index is 12.5. The van der Waals surface area contributed by atoms with Crippen molar-refractivity contribution < 1.29 is 17.9 Å². The first kappa shape index (κ1) is 20.5. The van der Waals surface area contributed by atoms with Crippen molar-refractivity contribution in [3.8, 4) is 5.75 Å². The van der Waals surface area contributed by atoms with Gasteiger partial charge in [-0.3, -0.25) is 4.79 Å². The molecule has 1 amide bonds. The molecule has 1 saturated heterocycles. The minimum absolute atomic E-state index is 0. The van der Waals surface area contributed by atoms with Crippen LogP contribution in [-0.2, 0) is 14.8 Å². The summed E-state index contributed by atoms with van der Waals surface area (Å²) >= 11 is 0. The zero-order chi connectivity index (χ0) is 17.0. The molecule has 9 heteroatoms. The molecule has 0 radical (unpaired) electrons. The number of nitrogens with two attached hydrogens (primary N) is 1. The van der Waals surface area contributed by atoms with E-state index in [2.05, 4.69) is 5.32 Å². The van der Waals surface area contributed by atoms with Crippen molar-refractivity contribution in [2.45, 2.75) is 32.2 Å². The molecule has 24 heavy (non-hydrogen) atoms. The summed E-state index contributed by atoms with van der Waals surface area (Å²) < 4.78 is 30.9. The highest BCUT2D eigenvalue weighted by Crippen LogP contribution is 2.26. The van der Waals surface area contributed by atoms with Gasteiger partial charge in [-0.25, -0.2) is 8.42 Å². The van der Waals surface area contributed by atoms with Crippen LogP contribution in [0.1, 0.15) is 26.2 Å². The number of carbonyl (C=O) groups is 1. The molecule has 0 bridgehead atoms. The van der Waals surface area contributed by atoms with E-state index >= 15 is 0 Å². The molecule has 136 valence electrons. The number of rotatable bonds is 6. The molecule has 3 N–H and O–H groups in total. The second kappa shape index (κ2) is 8.55. The Labute approximate surface area is 149 Å². The molecule has 0 saturated carbocycles. The molecule has 1 aliphatic heterocycles. The first-order chi connectivity index (χ1) is 10.9. The van der Waals surface area contributed by atoms with E-state index in [0.29, 0.717) is 42.9 Å². The molecule has 1 fully saturated rings. The van der Waals surface area contributed by atoms with Crippen LogP contribution in [0, 0.1) is 0 Å². The third kappa shape index (κ3) is 4.52. The number of halogens is 1. The predicted octanol–water partition coefficient (Wildman–Crippen LogP) is 1.84. The van der Waals surface area contributed by atoms with Crippen LogP contribution in [0.15, 0.2) is 18.2 Å². The van der Waals surface area contributed by atoms with E-state index in [1.807, 2.05) is 6.92 Å². The number of carbonyl (C=O) groups excluding carboxylic acids is 1. The van der Waals surface area contributed by atoms with Crippen molar-refractivity contribution >= 4 is 39.7 Å². The molecule has 1 atom stereocenters. The van der Waals surface area contributed by atoms with E-state index in [1.165, 1.54) is 11.4 Å². The number of hydrogen-bond acceptors (Lipinski definition) is 5. The van der Waals surface area contributed by atoms with Crippen LogP contribution in [0.2, 0.25) is 0 Å². The van der Waals surface area contributed by atoms with Crippen molar-refractivity contribution in [2.24, 2.45) is 0 Å². The molecular formula is C15H24ClN3O4S. The average Bonchev–Trinajstić information content (AvgIpc) is 2.98. The van der Waals surface area contributed by atoms with Crippen molar-refractivity contribution in [3.05, 3.63) is 18.2 Å². The normalized spacial score (nSPS) is 18.0. The maximum Gasteiger partial charge on any atom is 0.242 e. The van der Waals surface area contributed by atoms with E-state index in [1.54, 1.807) is 18.2 Å². The Morgan fingerprint density at radius 3 is 2.75 bits per heavy atom. The third-order valence-corrected chi connectivity index (χ3v) is 5.90. The van der Waals surface area contributed by atoms with Gasteiger partial charge in [-0.1, -0.05) is 6.92 Å². The van der Waals surface area contributed by atoms with Gasteiger partial charge in [-0.15, -0.1) is 12.4 Å². The summed E-state index contributed by atoms with van der Waals surface area (Å²) in [6, 6.07) is 4.27. The van der Waals surface area contributed by atoms with Gasteiger partial charge in [0.15, 0.2) is 0 Å². The second-order valence-corrected chi connectivity index (χ2v) is 7.57. The highest BCUT2D eigenvalue weighted by Gasteiger charge is 2.38. The van der Waals surface area contributed by atoms with Crippen molar-refractivity contribution in [3.63, 3.8) is 0 Å².